The molecule has 0 fully saturated rings. The molecule has 0 aliphatic heterocycles. The molecule has 0 bridgehead atoms. The Bertz CT molecular complexity index is 971. The second-order valence-electron chi connectivity index (χ2n) is 10.1. The second-order valence-corrected chi connectivity index (χ2v) is 10.1. The molecule has 2 N–H and O–H groups in total. The second kappa shape index (κ2) is 14.6. The third-order valence-electron chi connectivity index (χ3n) is 5.64. The highest BCUT2D eigenvalue weighted by Gasteiger charge is 2.36. The van der Waals surface area contributed by atoms with Crippen molar-refractivity contribution in [1.29, 1.82) is 0 Å². The summed E-state index contributed by atoms with van der Waals surface area (Å²) < 4.78 is 31.0. The zero-order valence-corrected chi connectivity index (χ0v) is 23.6. The minimum atomic E-state index is -1.57. The fourth-order valence-electron chi connectivity index (χ4n) is 2.92. The Morgan fingerprint density at radius 2 is 1.39 bits per heavy atom. The van der Waals surface area contributed by atoms with Crippen LogP contribution >= 0.6 is 0 Å². The SMILES string of the molecule is CCC(C)OC(=O)Oc1ccc(C[C@](N)(CCOC(=O)C(C)(C)C)C(=O)OC)cc1OC(=O)OC(C)CC. The first kappa shape index (κ1) is 32.7. The number of benzene rings is 1. The van der Waals surface area contributed by atoms with E-state index in [0.29, 0.717) is 18.4 Å². The summed E-state index contributed by atoms with van der Waals surface area (Å²) in [5.74, 6) is -1.39. The van der Waals surface area contributed by atoms with Crippen LogP contribution < -0.4 is 15.2 Å². The van der Waals surface area contributed by atoms with Crippen molar-refractivity contribution in [3.8, 4) is 11.5 Å². The molecule has 0 amide bonds. The fraction of sp³-hybridized carbons (Fsp3) is 0.630. The predicted octanol–water partition coefficient (Wildman–Crippen LogP) is 4.71. The van der Waals surface area contributed by atoms with E-state index < -0.39 is 41.3 Å². The molecule has 38 heavy (non-hydrogen) atoms. The predicted molar refractivity (Wildman–Crippen MR) is 138 cm³/mol. The molecule has 11 heteroatoms. The summed E-state index contributed by atoms with van der Waals surface area (Å²) in [5, 5.41) is 0. The quantitative estimate of drug-likeness (QED) is 0.223. The standard InChI is InChI=1S/C27H41NO10/c1-9-17(3)35-24(31)37-20-12-11-19(15-21(20)38-25(32)36-18(4)10-2)16-27(28,23(30)33-8)13-14-34-22(29)26(5,6)7/h11-12,15,17-18H,9-10,13-14,16,28H2,1-8H3/t17?,18?,27-/m1/s1. The van der Waals surface area contributed by atoms with Crippen molar-refractivity contribution < 1.29 is 47.6 Å². The molecule has 214 valence electrons. The zero-order valence-electron chi connectivity index (χ0n) is 23.6. The summed E-state index contributed by atoms with van der Waals surface area (Å²) >= 11 is 0. The molecule has 1 aromatic carbocycles. The number of hydrogen-bond acceptors (Lipinski definition) is 11. The highest BCUT2D eigenvalue weighted by atomic mass is 16.7. The lowest BCUT2D eigenvalue weighted by Crippen LogP contribution is -2.51. The fourth-order valence-corrected chi connectivity index (χ4v) is 2.92. The van der Waals surface area contributed by atoms with Gasteiger partial charge < -0.3 is 34.2 Å². The van der Waals surface area contributed by atoms with E-state index >= 15 is 0 Å². The van der Waals surface area contributed by atoms with Crippen LogP contribution in [0.4, 0.5) is 9.59 Å². The lowest BCUT2D eigenvalue weighted by molar-refractivity contribution is -0.156. The smallest absolute Gasteiger partial charge is 0.468 e. The van der Waals surface area contributed by atoms with Crippen molar-refractivity contribution in [3.63, 3.8) is 0 Å². The Morgan fingerprint density at radius 3 is 1.87 bits per heavy atom. The van der Waals surface area contributed by atoms with Crippen LogP contribution in [0.25, 0.3) is 0 Å². The molecule has 0 aliphatic rings. The number of esters is 2. The van der Waals surface area contributed by atoms with Gasteiger partial charge in [0.05, 0.1) is 19.1 Å². The van der Waals surface area contributed by atoms with E-state index in [0.717, 1.165) is 0 Å². The Labute approximate surface area is 224 Å². The number of carbonyl (C=O) groups excluding carboxylic acids is 4. The van der Waals surface area contributed by atoms with Gasteiger partial charge in [0, 0.05) is 12.8 Å². The maximum absolute atomic E-state index is 12.6. The molecule has 11 nitrogen and oxygen atoms in total. The number of ether oxygens (including phenoxy) is 6. The van der Waals surface area contributed by atoms with Crippen molar-refractivity contribution in [2.45, 2.75) is 91.9 Å². The highest BCUT2D eigenvalue weighted by Crippen LogP contribution is 2.31. The van der Waals surface area contributed by atoms with Gasteiger partial charge in [0.1, 0.15) is 17.7 Å². The summed E-state index contributed by atoms with van der Waals surface area (Å²) in [7, 11) is 1.20. The number of rotatable bonds is 12. The van der Waals surface area contributed by atoms with Gasteiger partial charge in [-0.2, -0.15) is 0 Å². The molecular weight excluding hydrogens is 498 g/mol. The van der Waals surface area contributed by atoms with Gasteiger partial charge >= 0.3 is 24.2 Å². The molecular formula is C27H41NO10. The molecule has 0 aromatic heterocycles. The van der Waals surface area contributed by atoms with E-state index in [1.54, 1.807) is 40.7 Å². The molecule has 1 aromatic rings. The van der Waals surface area contributed by atoms with Crippen LogP contribution in [0.15, 0.2) is 18.2 Å². The largest absolute Gasteiger partial charge is 0.514 e. The van der Waals surface area contributed by atoms with Gasteiger partial charge in [-0.05, 0) is 65.2 Å². The minimum absolute atomic E-state index is 0.0345. The molecule has 0 aliphatic carbocycles. The first-order chi connectivity index (χ1) is 17.6. The van der Waals surface area contributed by atoms with E-state index in [2.05, 4.69) is 0 Å². The van der Waals surface area contributed by atoms with E-state index in [1.807, 2.05) is 13.8 Å². The van der Waals surface area contributed by atoms with Crippen LogP contribution in [-0.2, 0) is 35.0 Å². The van der Waals surface area contributed by atoms with Crippen molar-refractivity contribution in [2.75, 3.05) is 13.7 Å². The van der Waals surface area contributed by atoms with Crippen LogP contribution in [-0.4, -0.2) is 55.7 Å². The molecule has 3 atom stereocenters. The van der Waals surface area contributed by atoms with Gasteiger partial charge in [0.15, 0.2) is 11.5 Å². The summed E-state index contributed by atoms with van der Waals surface area (Å²) in [6.07, 6.45) is -1.73. The zero-order chi connectivity index (χ0) is 29.1. The molecule has 0 saturated heterocycles. The van der Waals surface area contributed by atoms with Crippen LogP contribution in [0.1, 0.15) is 73.3 Å². The van der Waals surface area contributed by atoms with Crippen molar-refractivity contribution in [2.24, 2.45) is 11.1 Å². The van der Waals surface area contributed by atoms with Crippen molar-refractivity contribution >= 4 is 24.2 Å². The minimum Gasteiger partial charge on any atom is -0.468 e. The van der Waals surface area contributed by atoms with Crippen LogP contribution in [0.5, 0.6) is 11.5 Å². The molecule has 2 unspecified atom stereocenters. The molecule has 0 spiro atoms. The number of hydrogen-bond donors (Lipinski definition) is 1. The van der Waals surface area contributed by atoms with E-state index in [-0.39, 0.29) is 37.1 Å². The molecule has 1 rings (SSSR count). The Hall–Kier alpha value is -3.34. The molecule has 0 radical (unpaired) electrons. The summed E-state index contributed by atoms with van der Waals surface area (Å²) in [5.41, 5.74) is 4.56. The maximum atomic E-state index is 12.6. The first-order valence-electron chi connectivity index (χ1n) is 12.6. The third kappa shape index (κ3) is 10.6. The number of methoxy groups -OCH3 is 1. The maximum Gasteiger partial charge on any atom is 0.514 e. The van der Waals surface area contributed by atoms with Gasteiger partial charge in [-0.25, -0.2) is 9.59 Å². The van der Waals surface area contributed by atoms with Gasteiger partial charge in [0.2, 0.25) is 0 Å². The monoisotopic (exact) mass is 539 g/mol. The first-order valence-corrected chi connectivity index (χ1v) is 12.6. The van der Waals surface area contributed by atoms with Crippen LogP contribution in [0, 0.1) is 5.41 Å². The summed E-state index contributed by atoms with van der Waals surface area (Å²) in [6, 6.07) is 4.33. The lowest BCUT2D eigenvalue weighted by atomic mass is 9.88. The topological polar surface area (TPSA) is 150 Å². The Morgan fingerprint density at radius 1 is 0.868 bits per heavy atom. The summed E-state index contributed by atoms with van der Waals surface area (Å²) in [6.45, 7) is 12.1. The van der Waals surface area contributed by atoms with E-state index in [9.17, 15) is 19.2 Å². The van der Waals surface area contributed by atoms with Gasteiger partial charge in [-0.1, -0.05) is 19.9 Å². The Balaban J connectivity index is 3.22. The molecule has 0 saturated carbocycles. The normalized spacial score (nSPS) is 14.3. The van der Waals surface area contributed by atoms with Gasteiger partial charge in [0.25, 0.3) is 0 Å². The average Bonchev–Trinajstić information content (AvgIpc) is 2.83. The summed E-state index contributed by atoms with van der Waals surface area (Å²) in [4.78, 5) is 49.2. The van der Waals surface area contributed by atoms with Crippen molar-refractivity contribution in [3.05, 3.63) is 23.8 Å². The third-order valence-corrected chi connectivity index (χ3v) is 5.64. The highest BCUT2D eigenvalue weighted by molar-refractivity contribution is 5.81. The molecule has 0 heterocycles. The number of nitrogens with two attached hydrogens (primary N) is 1. The van der Waals surface area contributed by atoms with Crippen molar-refractivity contribution in [1.82, 2.24) is 0 Å². The van der Waals surface area contributed by atoms with Gasteiger partial charge in [-0.3, -0.25) is 9.59 Å². The van der Waals surface area contributed by atoms with Gasteiger partial charge in [-0.15, -0.1) is 0 Å². The Kier molecular flexibility index (Phi) is 12.5. The lowest BCUT2D eigenvalue weighted by Gasteiger charge is -2.27. The van der Waals surface area contributed by atoms with E-state index in [4.69, 9.17) is 34.2 Å². The number of carbonyl (C=O) groups is 4. The van der Waals surface area contributed by atoms with E-state index in [1.165, 1.54) is 19.2 Å². The average molecular weight is 540 g/mol. The van der Waals surface area contributed by atoms with Crippen LogP contribution in [0.3, 0.4) is 0 Å². The van der Waals surface area contributed by atoms with Crippen LogP contribution in [0.2, 0.25) is 0 Å².